The lowest BCUT2D eigenvalue weighted by atomic mass is 9.74. The van der Waals surface area contributed by atoms with Crippen LogP contribution in [0.1, 0.15) is 78.3 Å². The van der Waals surface area contributed by atoms with Crippen molar-refractivity contribution in [2.45, 2.75) is 77.2 Å². The molecule has 1 amide bonds. The molecule has 0 bridgehead atoms. The summed E-state index contributed by atoms with van der Waals surface area (Å²) < 4.78 is 0. The zero-order valence-electron chi connectivity index (χ0n) is 17.9. The Labute approximate surface area is 172 Å². The van der Waals surface area contributed by atoms with Gasteiger partial charge in [0, 0.05) is 18.5 Å². The second-order valence-electron chi connectivity index (χ2n) is 10.4. The molecule has 3 heteroatoms. The van der Waals surface area contributed by atoms with Crippen molar-refractivity contribution in [3.8, 4) is 0 Å². The van der Waals surface area contributed by atoms with Crippen LogP contribution in [-0.4, -0.2) is 36.5 Å². The first-order chi connectivity index (χ1) is 13.4. The second-order valence-corrected chi connectivity index (χ2v) is 10.4. The fourth-order valence-electron chi connectivity index (χ4n) is 5.19. The topological polar surface area (TPSA) is 32.3 Å². The van der Waals surface area contributed by atoms with E-state index in [4.69, 9.17) is 0 Å². The standard InChI is InChI=1S/C25H36N2O.H2/c1-24(2,3)12-15-27-16-13-25(14-17-27)18-21(20-10-6-7-11-22(20)25)23(28)26-19-8-4-5-9-19;/h6-7,10-11,18-19H,4-5,8-9,12-17H2,1-3H3,(H,26,28);1H. The molecule has 0 aromatic heterocycles. The summed E-state index contributed by atoms with van der Waals surface area (Å²) >= 11 is 0. The van der Waals surface area contributed by atoms with Crippen LogP contribution >= 0.6 is 0 Å². The summed E-state index contributed by atoms with van der Waals surface area (Å²) in [6.07, 6.45) is 10.6. The maximum absolute atomic E-state index is 13.1. The van der Waals surface area contributed by atoms with Crippen LogP contribution in [0.3, 0.4) is 0 Å². The van der Waals surface area contributed by atoms with Gasteiger partial charge in [-0.1, -0.05) is 64.0 Å². The Hall–Kier alpha value is -1.61. The molecule has 3 aliphatic rings. The molecule has 1 aromatic rings. The van der Waals surface area contributed by atoms with Gasteiger partial charge in [0.05, 0.1) is 0 Å². The number of benzene rings is 1. The predicted molar refractivity (Wildman–Crippen MR) is 118 cm³/mol. The Morgan fingerprint density at radius 2 is 1.86 bits per heavy atom. The van der Waals surface area contributed by atoms with E-state index >= 15 is 0 Å². The molecule has 1 saturated carbocycles. The van der Waals surface area contributed by atoms with E-state index in [1.54, 1.807) is 0 Å². The van der Waals surface area contributed by atoms with Crippen LogP contribution in [0.25, 0.3) is 5.57 Å². The second kappa shape index (κ2) is 7.67. The highest BCUT2D eigenvalue weighted by Crippen LogP contribution is 2.47. The quantitative estimate of drug-likeness (QED) is 0.780. The number of nitrogens with one attached hydrogen (secondary N) is 1. The molecule has 1 N–H and O–H groups in total. The Balaban J connectivity index is 0.00000240. The van der Waals surface area contributed by atoms with Gasteiger partial charge in [0.2, 0.25) is 0 Å². The molecule has 1 heterocycles. The molecule has 3 nitrogen and oxygen atoms in total. The first kappa shape index (κ1) is 19.7. The van der Waals surface area contributed by atoms with Crippen molar-refractivity contribution in [1.29, 1.82) is 0 Å². The van der Waals surface area contributed by atoms with Gasteiger partial charge >= 0.3 is 0 Å². The largest absolute Gasteiger partial charge is 0.349 e. The first-order valence-electron chi connectivity index (χ1n) is 11.2. The summed E-state index contributed by atoms with van der Waals surface area (Å²) in [6.45, 7) is 10.4. The monoisotopic (exact) mass is 382 g/mol. The average Bonchev–Trinajstić information content (AvgIpc) is 3.28. The molecule has 0 atom stereocenters. The fourth-order valence-corrected chi connectivity index (χ4v) is 5.19. The van der Waals surface area contributed by atoms with E-state index in [0.29, 0.717) is 11.5 Å². The molecule has 1 aromatic carbocycles. The van der Waals surface area contributed by atoms with Gasteiger partial charge in [-0.2, -0.15) is 0 Å². The van der Waals surface area contributed by atoms with Crippen molar-refractivity contribution in [2.24, 2.45) is 5.41 Å². The number of piperidine rings is 1. The van der Waals surface area contributed by atoms with E-state index < -0.39 is 0 Å². The molecular formula is C25H38N2O. The number of amides is 1. The molecule has 1 saturated heterocycles. The number of carbonyl (C=O) groups excluding carboxylic acids is 1. The van der Waals surface area contributed by atoms with Gasteiger partial charge in [0.1, 0.15) is 0 Å². The summed E-state index contributed by atoms with van der Waals surface area (Å²) in [5.41, 5.74) is 3.91. The number of hydrogen-bond acceptors (Lipinski definition) is 2. The lowest BCUT2D eigenvalue weighted by molar-refractivity contribution is -0.116. The molecule has 1 aliphatic heterocycles. The van der Waals surface area contributed by atoms with Crippen LogP contribution in [0.2, 0.25) is 0 Å². The fraction of sp³-hybridized carbons (Fsp3) is 0.640. The summed E-state index contributed by atoms with van der Waals surface area (Å²) in [5, 5.41) is 3.31. The molecule has 0 unspecified atom stereocenters. The predicted octanol–water partition coefficient (Wildman–Crippen LogP) is 5.16. The number of carbonyl (C=O) groups is 1. The zero-order valence-corrected chi connectivity index (χ0v) is 17.9. The molecule has 1 spiro atoms. The van der Waals surface area contributed by atoms with Crippen molar-refractivity contribution < 1.29 is 6.22 Å². The van der Waals surface area contributed by atoms with Gasteiger partial charge in [0.25, 0.3) is 5.91 Å². The Morgan fingerprint density at radius 3 is 2.54 bits per heavy atom. The van der Waals surface area contributed by atoms with Crippen LogP contribution in [0.4, 0.5) is 0 Å². The van der Waals surface area contributed by atoms with Gasteiger partial charge in [-0.05, 0) is 68.3 Å². The van der Waals surface area contributed by atoms with Gasteiger partial charge in [-0.25, -0.2) is 0 Å². The van der Waals surface area contributed by atoms with Crippen molar-refractivity contribution in [2.75, 3.05) is 19.6 Å². The molecule has 2 aliphatic carbocycles. The number of likely N-dealkylation sites (tertiary alicyclic amines) is 1. The van der Waals surface area contributed by atoms with Crippen molar-refractivity contribution in [3.63, 3.8) is 0 Å². The van der Waals surface area contributed by atoms with Crippen LogP contribution in [0, 0.1) is 5.41 Å². The summed E-state index contributed by atoms with van der Waals surface area (Å²) in [6, 6.07) is 8.99. The highest BCUT2D eigenvalue weighted by molar-refractivity contribution is 6.21. The average molecular weight is 383 g/mol. The Bertz CT molecular complexity index is 750. The minimum Gasteiger partial charge on any atom is -0.349 e. The van der Waals surface area contributed by atoms with Gasteiger partial charge < -0.3 is 10.2 Å². The number of hydrogen-bond donors (Lipinski definition) is 1. The zero-order chi connectivity index (χ0) is 19.8. The number of fused-ring (bicyclic) bond motifs is 2. The summed E-state index contributed by atoms with van der Waals surface area (Å²) in [7, 11) is 0. The molecule has 154 valence electrons. The maximum Gasteiger partial charge on any atom is 0.251 e. The van der Waals surface area contributed by atoms with Crippen LogP contribution in [0.5, 0.6) is 0 Å². The Morgan fingerprint density at radius 1 is 1.18 bits per heavy atom. The number of nitrogens with zero attached hydrogens (tertiary/aromatic N) is 1. The maximum atomic E-state index is 13.1. The van der Waals surface area contributed by atoms with E-state index in [1.165, 1.54) is 36.9 Å². The molecule has 4 rings (SSSR count). The number of rotatable bonds is 4. The third kappa shape index (κ3) is 4.05. The molecule has 28 heavy (non-hydrogen) atoms. The van der Waals surface area contributed by atoms with Crippen molar-refractivity contribution in [1.82, 2.24) is 10.2 Å². The SMILES string of the molecule is CC(C)(C)CCN1CCC2(C=C(C(=O)NC3CCCC3)c3ccccc32)CC1.[HH]. The van der Waals surface area contributed by atoms with E-state index in [9.17, 15) is 4.79 Å². The van der Waals surface area contributed by atoms with Gasteiger partial charge in [-0.3, -0.25) is 4.79 Å². The molecular weight excluding hydrogens is 344 g/mol. The van der Waals surface area contributed by atoms with E-state index in [-0.39, 0.29) is 12.7 Å². The first-order valence-corrected chi connectivity index (χ1v) is 11.2. The van der Waals surface area contributed by atoms with Gasteiger partial charge in [-0.15, -0.1) is 0 Å². The van der Waals surface area contributed by atoms with Crippen LogP contribution in [0.15, 0.2) is 30.3 Å². The third-order valence-corrected chi connectivity index (χ3v) is 7.04. The summed E-state index contributed by atoms with van der Waals surface area (Å²) in [4.78, 5) is 15.7. The minimum absolute atomic E-state index is 0. The molecule has 2 fully saturated rings. The summed E-state index contributed by atoms with van der Waals surface area (Å²) in [5.74, 6) is 0.145. The lowest BCUT2D eigenvalue weighted by Gasteiger charge is -2.40. The highest BCUT2D eigenvalue weighted by atomic mass is 16.1. The minimum atomic E-state index is 0. The number of allylic oxidation sites excluding steroid dienone is 1. The highest BCUT2D eigenvalue weighted by Gasteiger charge is 2.42. The van der Waals surface area contributed by atoms with Crippen LogP contribution < -0.4 is 5.32 Å². The van der Waals surface area contributed by atoms with Crippen LogP contribution in [-0.2, 0) is 10.2 Å². The lowest BCUT2D eigenvalue weighted by Crippen LogP contribution is -2.42. The van der Waals surface area contributed by atoms with Crippen molar-refractivity contribution >= 4 is 11.5 Å². The van der Waals surface area contributed by atoms with E-state index in [1.807, 2.05) is 0 Å². The third-order valence-electron chi connectivity index (χ3n) is 7.04. The Kier molecular flexibility index (Phi) is 5.39. The van der Waals surface area contributed by atoms with Gasteiger partial charge in [0.15, 0.2) is 0 Å². The normalized spacial score (nSPS) is 22.3. The molecule has 0 radical (unpaired) electrons. The van der Waals surface area contributed by atoms with E-state index in [0.717, 1.165) is 44.3 Å². The van der Waals surface area contributed by atoms with Crippen molar-refractivity contribution in [3.05, 3.63) is 41.5 Å². The van der Waals surface area contributed by atoms with E-state index in [2.05, 4.69) is 61.3 Å². The smallest absolute Gasteiger partial charge is 0.251 e.